The zero-order chi connectivity index (χ0) is 13.8. The molecule has 0 unspecified atom stereocenters. The van der Waals surface area contributed by atoms with Crippen molar-refractivity contribution in [1.29, 1.82) is 0 Å². The van der Waals surface area contributed by atoms with E-state index in [0.29, 0.717) is 23.8 Å². The molecule has 0 saturated heterocycles. The number of esters is 1. The SMILES string of the molecule is CCOC(=O)/C=C1/CC(=O)Nc2cccnc2N1C. The van der Waals surface area contributed by atoms with Crippen molar-refractivity contribution in [3.05, 3.63) is 30.1 Å². The molecule has 1 aromatic heterocycles. The van der Waals surface area contributed by atoms with E-state index in [1.807, 2.05) is 0 Å². The number of aromatic nitrogens is 1. The molecule has 1 N–H and O–H groups in total. The monoisotopic (exact) mass is 261 g/mol. The summed E-state index contributed by atoms with van der Waals surface area (Å²) in [5.74, 6) is -0.0467. The Morgan fingerprint density at radius 1 is 1.63 bits per heavy atom. The minimum Gasteiger partial charge on any atom is -0.463 e. The number of hydrogen-bond donors (Lipinski definition) is 1. The molecule has 1 aliphatic heterocycles. The van der Waals surface area contributed by atoms with Crippen molar-refractivity contribution in [2.45, 2.75) is 13.3 Å². The van der Waals surface area contributed by atoms with E-state index >= 15 is 0 Å². The van der Waals surface area contributed by atoms with Gasteiger partial charge in [-0.3, -0.25) is 4.79 Å². The number of nitrogens with zero attached hydrogens (tertiary/aromatic N) is 2. The van der Waals surface area contributed by atoms with Crippen LogP contribution >= 0.6 is 0 Å². The number of amides is 1. The van der Waals surface area contributed by atoms with Gasteiger partial charge in [0.25, 0.3) is 0 Å². The van der Waals surface area contributed by atoms with Crippen molar-refractivity contribution < 1.29 is 14.3 Å². The molecule has 0 bridgehead atoms. The summed E-state index contributed by atoms with van der Waals surface area (Å²) >= 11 is 0. The molecule has 0 atom stereocenters. The molecular formula is C13H15N3O3. The molecule has 1 amide bonds. The summed E-state index contributed by atoms with van der Waals surface area (Å²) in [6.45, 7) is 2.03. The van der Waals surface area contributed by atoms with Crippen molar-refractivity contribution >= 4 is 23.4 Å². The highest BCUT2D eigenvalue weighted by atomic mass is 16.5. The van der Waals surface area contributed by atoms with Gasteiger partial charge in [-0.15, -0.1) is 0 Å². The topological polar surface area (TPSA) is 71.5 Å². The number of pyridine rings is 1. The highest BCUT2D eigenvalue weighted by Crippen LogP contribution is 2.29. The van der Waals surface area contributed by atoms with Crippen LogP contribution in [0.4, 0.5) is 11.5 Å². The molecular weight excluding hydrogens is 246 g/mol. The molecule has 6 nitrogen and oxygen atoms in total. The number of nitrogens with one attached hydrogen (secondary N) is 1. The first-order chi connectivity index (χ1) is 9.11. The van der Waals surface area contributed by atoms with Crippen LogP contribution in [0.15, 0.2) is 30.1 Å². The van der Waals surface area contributed by atoms with Crippen LogP contribution in [0.25, 0.3) is 0 Å². The number of ether oxygens (including phenoxy) is 1. The molecule has 0 fully saturated rings. The quantitative estimate of drug-likeness (QED) is 0.642. The van der Waals surface area contributed by atoms with Gasteiger partial charge >= 0.3 is 5.97 Å². The Hall–Kier alpha value is -2.37. The number of anilines is 2. The van der Waals surface area contributed by atoms with Gasteiger partial charge in [0.2, 0.25) is 5.91 Å². The lowest BCUT2D eigenvalue weighted by Gasteiger charge is -2.19. The van der Waals surface area contributed by atoms with E-state index in [-0.39, 0.29) is 12.3 Å². The van der Waals surface area contributed by atoms with E-state index in [1.54, 1.807) is 37.2 Å². The van der Waals surface area contributed by atoms with Crippen LogP contribution in [0.3, 0.4) is 0 Å². The van der Waals surface area contributed by atoms with E-state index in [0.717, 1.165) is 0 Å². The first kappa shape index (κ1) is 13.1. The Kier molecular flexibility index (Phi) is 3.79. The average molecular weight is 261 g/mol. The maximum atomic E-state index is 11.8. The average Bonchev–Trinajstić information content (AvgIpc) is 2.48. The van der Waals surface area contributed by atoms with Gasteiger partial charge in [0.15, 0.2) is 5.82 Å². The Labute approximate surface area is 111 Å². The molecule has 0 radical (unpaired) electrons. The molecule has 1 aliphatic rings. The third-order valence-electron chi connectivity index (χ3n) is 2.72. The molecule has 0 aromatic carbocycles. The summed E-state index contributed by atoms with van der Waals surface area (Å²) in [5.41, 5.74) is 1.18. The third kappa shape index (κ3) is 2.90. The zero-order valence-electron chi connectivity index (χ0n) is 10.8. The van der Waals surface area contributed by atoms with Crippen molar-refractivity contribution in [3.63, 3.8) is 0 Å². The molecule has 0 aliphatic carbocycles. The number of rotatable bonds is 2. The van der Waals surface area contributed by atoms with Crippen LogP contribution < -0.4 is 10.2 Å². The summed E-state index contributed by atoms with van der Waals surface area (Å²) in [6, 6.07) is 3.51. The van der Waals surface area contributed by atoms with Crippen LogP contribution in [0.2, 0.25) is 0 Å². The van der Waals surface area contributed by atoms with E-state index in [2.05, 4.69) is 10.3 Å². The normalized spacial score (nSPS) is 16.6. The summed E-state index contributed by atoms with van der Waals surface area (Å²) in [7, 11) is 1.76. The molecule has 100 valence electrons. The van der Waals surface area contributed by atoms with Crippen LogP contribution in [0, 0.1) is 0 Å². The molecule has 2 heterocycles. The van der Waals surface area contributed by atoms with Crippen LogP contribution in [0.1, 0.15) is 13.3 Å². The van der Waals surface area contributed by atoms with Crippen LogP contribution in [-0.2, 0) is 14.3 Å². The van der Waals surface area contributed by atoms with Gasteiger partial charge in [-0.25, -0.2) is 9.78 Å². The molecule has 19 heavy (non-hydrogen) atoms. The van der Waals surface area contributed by atoms with Gasteiger partial charge in [0.05, 0.1) is 18.7 Å². The first-order valence-electron chi connectivity index (χ1n) is 5.97. The second-order valence-corrected chi connectivity index (χ2v) is 4.05. The van der Waals surface area contributed by atoms with Gasteiger partial charge < -0.3 is 15.0 Å². The summed E-state index contributed by atoms with van der Waals surface area (Å²) in [5, 5.41) is 2.75. The highest BCUT2D eigenvalue weighted by molar-refractivity contribution is 5.99. The van der Waals surface area contributed by atoms with Gasteiger partial charge in [-0.2, -0.15) is 0 Å². The second kappa shape index (κ2) is 5.51. The number of carbonyl (C=O) groups is 2. The zero-order valence-corrected chi connectivity index (χ0v) is 10.8. The fourth-order valence-electron chi connectivity index (χ4n) is 1.84. The molecule has 0 spiro atoms. The lowest BCUT2D eigenvalue weighted by Crippen LogP contribution is -2.19. The van der Waals surface area contributed by atoms with E-state index < -0.39 is 5.97 Å². The Bertz CT molecular complexity index is 540. The van der Waals surface area contributed by atoms with Crippen LogP contribution in [-0.4, -0.2) is 30.5 Å². The standard InChI is InChI=1S/C13H15N3O3/c1-3-19-12(18)8-9-7-11(17)15-10-5-4-6-14-13(10)16(9)2/h4-6,8H,3,7H2,1-2H3,(H,15,17)/b9-8-. The minimum absolute atomic E-state index is 0.103. The number of fused-ring (bicyclic) bond motifs is 1. The number of hydrogen-bond acceptors (Lipinski definition) is 5. The predicted octanol–water partition coefficient (Wildman–Crippen LogP) is 1.31. The third-order valence-corrected chi connectivity index (χ3v) is 2.72. The van der Waals surface area contributed by atoms with Gasteiger partial charge in [-0.1, -0.05) is 0 Å². The van der Waals surface area contributed by atoms with Crippen molar-refractivity contribution in [3.8, 4) is 0 Å². The summed E-state index contributed by atoms with van der Waals surface area (Å²) < 4.78 is 4.86. The Balaban J connectivity index is 2.37. The van der Waals surface area contributed by atoms with Crippen molar-refractivity contribution in [2.24, 2.45) is 0 Å². The molecule has 6 heteroatoms. The Morgan fingerprint density at radius 2 is 2.42 bits per heavy atom. The second-order valence-electron chi connectivity index (χ2n) is 4.05. The van der Waals surface area contributed by atoms with E-state index in [1.165, 1.54) is 6.08 Å². The lowest BCUT2D eigenvalue weighted by atomic mass is 10.2. The first-order valence-corrected chi connectivity index (χ1v) is 5.97. The molecule has 0 saturated carbocycles. The van der Waals surface area contributed by atoms with Crippen molar-refractivity contribution in [1.82, 2.24) is 4.98 Å². The van der Waals surface area contributed by atoms with Gasteiger partial charge in [0.1, 0.15) is 0 Å². The van der Waals surface area contributed by atoms with E-state index in [4.69, 9.17) is 4.74 Å². The van der Waals surface area contributed by atoms with E-state index in [9.17, 15) is 9.59 Å². The number of carbonyl (C=O) groups excluding carboxylic acids is 2. The lowest BCUT2D eigenvalue weighted by molar-refractivity contribution is -0.137. The highest BCUT2D eigenvalue weighted by Gasteiger charge is 2.22. The maximum absolute atomic E-state index is 11.8. The van der Waals surface area contributed by atoms with Gasteiger partial charge in [0, 0.05) is 25.0 Å². The fraction of sp³-hybridized carbons (Fsp3) is 0.308. The van der Waals surface area contributed by atoms with Crippen molar-refractivity contribution in [2.75, 3.05) is 23.9 Å². The largest absolute Gasteiger partial charge is 0.463 e. The summed E-state index contributed by atoms with van der Waals surface area (Å²) in [6.07, 6.45) is 3.06. The predicted molar refractivity (Wildman–Crippen MR) is 70.6 cm³/mol. The molecule has 2 rings (SSSR count). The Morgan fingerprint density at radius 3 is 3.16 bits per heavy atom. The summed E-state index contributed by atoms with van der Waals surface area (Å²) in [4.78, 5) is 29.2. The fourth-order valence-corrected chi connectivity index (χ4v) is 1.84. The maximum Gasteiger partial charge on any atom is 0.332 e. The van der Waals surface area contributed by atoms with Gasteiger partial charge in [-0.05, 0) is 19.1 Å². The molecule has 1 aromatic rings. The smallest absolute Gasteiger partial charge is 0.332 e. The van der Waals surface area contributed by atoms with Crippen LogP contribution in [0.5, 0.6) is 0 Å². The minimum atomic E-state index is -0.462.